The number of nitrogens with one attached hydrogen (secondary N) is 1. The molecule has 22 heavy (non-hydrogen) atoms. The summed E-state index contributed by atoms with van der Waals surface area (Å²) in [5.41, 5.74) is 2.12. The first-order chi connectivity index (χ1) is 10.4. The van der Waals surface area contributed by atoms with Crippen LogP contribution >= 0.6 is 0 Å². The van der Waals surface area contributed by atoms with E-state index in [1.807, 2.05) is 26.0 Å². The summed E-state index contributed by atoms with van der Waals surface area (Å²) in [6, 6.07) is 8.01. The molecule has 0 bridgehead atoms. The number of anilines is 1. The number of rotatable bonds is 9. The van der Waals surface area contributed by atoms with E-state index in [9.17, 15) is 9.59 Å². The van der Waals surface area contributed by atoms with Crippen LogP contribution in [0.5, 0.6) is 0 Å². The van der Waals surface area contributed by atoms with Crippen LogP contribution in [0.3, 0.4) is 0 Å². The maximum Gasteiger partial charge on any atom is 0.224 e. The molecule has 1 amide bonds. The first-order valence-corrected chi connectivity index (χ1v) is 8.32. The van der Waals surface area contributed by atoms with E-state index in [4.69, 9.17) is 0 Å². The minimum Gasteiger partial charge on any atom is -0.326 e. The number of carbonyl (C=O) groups is 2. The Bertz CT molecular complexity index is 475. The Morgan fingerprint density at radius 1 is 0.909 bits per heavy atom. The number of ketones is 1. The van der Waals surface area contributed by atoms with Gasteiger partial charge in [-0.25, -0.2) is 0 Å². The van der Waals surface area contributed by atoms with Crippen LogP contribution < -0.4 is 5.32 Å². The van der Waals surface area contributed by atoms with Gasteiger partial charge in [0.25, 0.3) is 0 Å². The van der Waals surface area contributed by atoms with Gasteiger partial charge in [-0.3, -0.25) is 9.59 Å². The standard InChI is InChI=1S/C19H29NO2/c1-14(2)16-10-12-17(13-11-16)20-19(22)9-7-5-6-8-18(21)15(3)4/h10-15H,5-9H2,1-4H3,(H,20,22). The van der Waals surface area contributed by atoms with E-state index in [-0.39, 0.29) is 11.8 Å². The van der Waals surface area contributed by atoms with E-state index in [0.717, 1.165) is 24.9 Å². The molecule has 0 aliphatic rings. The van der Waals surface area contributed by atoms with Crippen LogP contribution in [0.4, 0.5) is 5.69 Å². The first kappa shape index (κ1) is 18.4. The quantitative estimate of drug-likeness (QED) is 0.658. The maximum absolute atomic E-state index is 11.9. The molecule has 0 fully saturated rings. The average molecular weight is 303 g/mol. The van der Waals surface area contributed by atoms with Gasteiger partial charge in [0.15, 0.2) is 0 Å². The van der Waals surface area contributed by atoms with Crippen LogP contribution in [-0.4, -0.2) is 11.7 Å². The van der Waals surface area contributed by atoms with Crippen molar-refractivity contribution in [2.75, 3.05) is 5.32 Å². The van der Waals surface area contributed by atoms with Gasteiger partial charge in [0.1, 0.15) is 5.78 Å². The first-order valence-electron chi connectivity index (χ1n) is 8.32. The van der Waals surface area contributed by atoms with Gasteiger partial charge in [-0.2, -0.15) is 0 Å². The van der Waals surface area contributed by atoms with Crippen molar-refractivity contribution in [1.29, 1.82) is 0 Å². The van der Waals surface area contributed by atoms with E-state index in [0.29, 0.717) is 24.5 Å². The predicted octanol–water partition coefficient (Wildman–Crippen LogP) is 4.92. The lowest BCUT2D eigenvalue weighted by atomic mass is 10.0. The summed E-state index contributed by atoms with van der Waals surface area (Å²) in [6.45, 7) is 8.16. The molecule has 1 N–H and O–H groups in total. The van der Waals surface area contributed by atoms with Crippen LogP contribution in [0.15, 0.2) is 24.3 Å². The molecule has 3 nitrogen and oxygen atoms in total. The van der Waals surface area contributed by atoms with Crippen molar-refractivity contribution in [3.63, 3.8) is 0 Å². The molecule has 0 saturated heterocycles. The molecule has 0 spiro atoms. The minimum atomic E-state index is 0.0486. The molecule has 0 saturated carbocycles. The number of hydrogen-bond donors (Lipinski definition) is 1. The molecule has 0 radical (unpaired) electrons. The minimum absolute atomic E-state index is 0.0486. The average Bonchev–Trinajstić information content (AvgIpc) is 2.47. The van der Waals surface area contributed by atoms with Gasteiger partial charge < -0.3 is 5.32 Å². The molecule has 0 atom stereocenters. The zero-order chi connectivity index (χ0) is 16.5. The molecule has 1 aromatic rings. The van der Waals surface area contributed by atoms with Gasteiger partial charge in [-0.05, 0) is 36.5 Å². The third-order valence-corrected chi connectivity index (χ3v) is 3.83. The molecule has 1 aromatic carbocycles. The highest BCUT2D eigenvalue weighted by atomic mass is 16.1. The van der Waals surface area contributed by atoms with Crippen molar-refractivity contribution >= 4 is 17.4 Å². The van der Waals surface area contributed by atoms with E-state index in [2.05, 4.69) is 31.3 Å². The second kappa shape index (κ2) is 9.39. The highest BCUT2D eigenvalue weighted by Gasteiger charge is 2.07. The van der Waals surface area contributed by atoms with Gasteiger partial charge in [-0.15, -0.1) is 0 Å². The van der Waals surface area contributed by atoms with Gasteiger partial charge in [0.2, 0.25) is 5.91 Å². The maximum atomic E-state index is 11.9. The second-order valence-corrected chi connectivity index (χ2v) is 6.51. The molecule has 122 valence electrons. The monoisotopic (exact) mass is 303 g/mol. The summed E-state index contributed by atoms with van der Waals surface area (Å²) < 4.78 is 0. The molecule has 1 rings (SSSR count). The van der Waals surface area contributed by atoms with Crippen molar-refractivity contribution in [3.05, 3.63) is 29.8 Å². The Morgan fingerprint density at radius 2 is 1.50 bits per heavy atom. The number of unbranched alkanes of at least 4 members (excludes halogenated alkanes) is 2. The van der Waals surface area contributed by atoms with E-state index >= 15 is 0 Å². The van der Waals surface area contributed by atoms with Crippen LogP contribution in [0.1, 0.15) is 71.3 Å². The topological polar surface area (TPSA) is 46.2 Å². The SMILES string of the molecule is CC(C)C(=O)CCCCCC(=O)Nc1ccc(C(C)C)cc1. The lowest BCUT2D eigenvalue weighted by molar-refractivity contribution is -0.122. The number of hydrogen-bond acceptors (Lipinski definition) is 2. The van der Waals surface area contributed by atoms with Crippen molar-refractivity contribution in [3.8, 4) is 0 Å². The number of amides is 1. The Balaban J connectivity index is 2.22. The lowest BCUT2D eigenvalue weighted by Gasteiger charge is -2.08. The van der Waals surface area contributed by atoms with Gasteiger partial charge in [0, 0.05) is 24.4 Å². The lowest BCUT2D eigenvalue weighted by Crippen LogP contribution is -2.11. The smallest absolute Gasteiger partial charge is 0.224 e. The molecule has 0 aliphatic carbocycles. The Hall–Kier alpha value is -1.64. The summed E-state index contributed by atoms with van der Waals surface area (Å²) in [5, 5.41) is 2.92. The van der Waals surface area contributed by atoms with E-state index in [1.54, 1.807) is 0 Å². The predicted molar refractivity (Wildman–Crippen MR) is 92.1 cm³/mol. The highest BCUT2D eigenvalue weighted by Crippen LogP contribution is 2.17. The van der Waals surface area contributed by atoms with Gasteiger partial charge in [0.05, 0.1) is 0 Å². The number of benzene rings is 1. The fraction of sp³-hybridized carbons (Fsp3) is 0.579. The molecule has 3 heteroatoms. The summed E-state index contributed by atoms with van der Waals surface area (Å²) >= 11 is 0. The van der Waals surface area contributed by atoms with Crippen LogP contribution in [0.2, 0.25) is 0 Å². The van der Waals surface area contributed by atoms with E-state index in [1.165, 1.54) is 5.56 Å². The summed E-state index contributed by atoms with van der Waals surface area (Å²) in [5.74, 6) is 0.984. The third kappa shape index (κ3) is 6.88. The highest BCUT2D eigenvalue weighted by molar-refractivity contribution is 5.90. The Labute approximate surface area is 134 Å². The molecule has 0 aromatic heterocycles. The van der Waals surface area contributed by atoms with Gasteiger partial charge in [-0.1, -0.05) is 46.2 Å². The van der Waals surface area contributed by atoms with Crippen molar-refractivity contribution in [2.45, 2.75) is 65.7 Å². The van der Waals surface area contributed by atoms with E-state index < -0.39 is 0 Å². The second-order valence-electron chi connectivity index (χ2n) is 6.51. The zero-order valence-electron chi connectivity index (χ0n) is 14.3. The zero-order valence-corrected chi connectivity index (χ0v) is 14.3. The largest absolute Gasteiger partial charge is 0.326 e. The molecular weight excluding hydrogens is 274 g/mol. The fourth-order valence-corrected chi connectivity index (χ4v) is 2.23. The van der Waals surface area contributed by atoms with Crippen molar-refractivity contribution in [2.24, 2.45) is 5.92 Å². The summed E-state index contributed by atoms with van der Waals surface area (Å²) in [7, 11) is 0. The molecule has 0 unspecified atom stereocenters. The summed E-state index contributed by atoms with van der Waals surface area (Å²) in [4.78, 5) is 23.3. The molecule has 0 aliphatic heterocycles. The molecular formula is C19H29NO2. The normalized spacial score (nSPS) is 11.0. The van der Waals surface area contributed by atoms with Crippen molar-refractivity contribution in [1.82, 2.24) is 0 Å². The third-order valence-electron chi connectivity index (χ3n) is 3.83. The molecule has 0 heterocycles. The van der Waals surface area contributed by atoms with Crippen molar-refractivity contribution < 1.29 is 9.59 Å². The Kier molecular flexibility index (Phi) is 7.86. The van der Waals surface area contributed by atoms with Crippen LogP contribution in [0.25, 0.3) is 0 Å². The number of Topliss-reactive ketones (excluding diaryl/α,β-unsaturated/α-hetero) is 1. The van der Waals surface area contributed by atoms with Crippen LogP contribution in [0, 0.1) is 5.92 Å². The Morgan fingerprint density at radius 3 is 2.05 bits per heavy atom. The number of carbonyl (C=O) groups excluding carboxylic acids is 2. The van der Waals surface area contributed by atoms with Crippen LogP contribution in [-0.2, 0) is 9.59 Å². The summed E-state index contributed by atoms with van der Waals surface area (Å²) in [6.07, 6.45) is 3.80. The van der Waals surface area contributed by atoms with Gasteiger partial charge >= 0.3 is 0 Å². The fourth-order valence-electron chi connectivity index (χ4n) is 2.23.